The molecule has 0 spiro atoms. The Balaban J connectivity index is 1.26. The first-order valence-corrected chi connectivity index (χ1v) is 11.6. The maximum Gasteiger partial charge on any atom is 0.420 e. The van der Waals surface area contributed by atoms with E-state index in [1.165, 1.54) is 4.57 Å². The molecule has 0 aliphatic carbocycles. The molecule has 0 saturated carbocycles. The number of carboxylic acid groups (broad SMARTS) is 1. The maximum atomic E-state index is 12.5. The van der Waals surface area contributed by atoms with E-state index < -0.39 is 23.7 Å². The Kier molecular flexibility index (Phi) is 5.69. The number of nitrogens with one attached hydrogen (secondary N) is 1. The second-order valence-electron chi connectivity index (χ2n) is 9.22. The lowest BCUT2D eigenvalue weighted by atomic mass is 9.93. The van der Waals surface area contributed by atoms with Crippen LogP contribution in [0.3, 0.4) is 0 Å². The molecule has 3 saturated heterocycles. The zero-order chi connectivity index (χ0) is 23.1. The number of likely N-dealkylation sites (tertiary alicyclic amines) is 1. The van der Waals surface area contributed by atoms with Gasteiger partial charge in [0.25, 0.3) is 0 Å². The summed E-state index contributed by atoms with van der Waals surface area (Å²) >= 11 is 0. The average Bonchev–Trinajstić information content (AvgIpc) is 3.14. The summed E-state index contributed by atoms with van der Waals surface area (Å²) in [6, 6.07) is 5.31. The normalized spacial score (nSPS) is 23.8. The minimum Gasteiger partial charge on any atom is -0.481 e. The fourth-order valence-electron chi connectivity index (χ4n) is 5.45. The number of piperidine rings is 3. The number of imide groups is 1. The molecule has 3 aliphatic rings. The molecule has 1 unspecified atom stereocenters. The van der Waals surface area contributed by atoms with Crippen molar-refractivity contribution >= 4 is 34.6 Å². The van der Waals surface area contributed by atoms with Crippen molar-refractivity contribution < 1.29 is 23.9 Å². The molecule has 0 radical (unpaired) electrons. The Morgan fingerprint density at radius 3 is 2.39 bits per heavy atom. The van der Waals surface area contributed by atoms with Crippen LogP contribution in [0.1, 0.15) is 44.6 Å². The van der Waals surface area contributed by atoms with Gasteiger partial charge in [0.05, 0.1) is 11.4 Å². The molecule has 1 atom stereocenters. The number of hydrogen-bond acceptors (Lipinski definition) is 7. The SMILES string of the molecule is O=C1CCC(n2c(=O)oc3cc(N4CCC(N5CCC(C(=O)O)CC5)CC4)ccc32)C(=O)N1. The van der Waals surface area contributed by atoms with Crippen molar-refractivity contribution in [2.45, 2.75) is 50.6 Å². The van der Waals surface area contributed by atoms with Crippen LogP contribution < -0.4 is 16.0 Å². The summed E-state index contributed by atoms with van der Waals surface area (Å²) in [4.78, 5) is 52.1. The number of amides is 2. The van der Waals surface area contributed by atoms with Gasteiger partial charge in [-0.05, 0) is 57.3 Å². The van der Waals surface area contributed by atoms with Crippen molar-refractivity contribution in [2.24, 2.45) is 5.92 Å². The maximum absolute atomic E-state index is 12.5. The van der Waals surface area contributed by atoms with E-state index in [2.05, 4.69) is 15.1 Å². The molecule has 5 rings (SSSR count). The summed E-state index contributed by atoms with van der Waals surface area (Å²) in [5, 5.41) is 11.5. The molecule has 176 valence electrons. The van der Waals surface area contributed by atoms with Crippen molar-refractivity contribution in [3.63, 3.8) is 0 Å². The van der Waals surface area contributed by atoms with Gasteiger partial charge in [-0.2, -0.15) is 0 Å². The van der Waals surface area contributed by atoms with Gasteiger partial charge < -0.3 is 19.3 Å². The largest absolute Gasteiger partial charge is 0.481 e. The minimum atomic E-state index is -0.747. The number of carbonyl (C=O) groups excluding carboxylic acids is 2. The van der Waals surface area contributed by atoms with Crippen molar-refractivity contribution in [3.8, 4) is 0 Å². The molecular formula is C23H28N4O6. The van der Waals surface area contributed by atoms with Crippen LogP contribution in [0.25, 0.3) is 11.1 Å². The first-order valence-electron chi connectivity index (χ1n) is 11.6. The molecule has 3 aliphatic heterocycles. The summed E-state index contributed by atoms with van der Waals surface area (Å²) in [6.07, 6.45) is 3.90. The third kappa shape index (κ3) is 4.15. The van der Waals surface area contributed by atoms with Crippen LogP contribution in [-0.2, 0) is 14.4 Å². The topological polar surface area (TPSA) is 125 Å². The Hall–Kier alpha value is -3.14. The number of fused-ring (bicyclic) bond motifs is 1. The molecular weight excluding hydrogens is 428 g/mol. The summed E-state index contributed by atoms with van der Waals surface area (Å²) < 4.78 is 6.81. The number of aliphatic carboxylic acids is 1. The molecule has 2 amide bonds. The van der Waals surface area contributed by atoms with Crippen LogP contribution in [0, 0.1) is 5.92 Å². The highest BCUT2D eigenvalue weighted by atomic mass is 16.4. The second kappa shape index (κ2) is 8.66. The average molecular weight is 456 g/mol. The van der Waals surface area contributed by atoms with Crippen LogP contribution in [0.5, 0.6) is 0 Å². The number of carboxylic acids is 1. The van der Waals surface area contributed by atoms with Crippen LogP contribution in [0.4, 0.5) is 5.69 Å². The molecule has 0 bridgehead atoms. The van der Waals surface area contributed by atoms with E-state index in [0.29, 0.717) is 17.1 Å². The molecule has 1 aromatic carbocycles. The standard InChI is InChI=1S/C23H28N4O6/c28-20-4-3-18(21(29)24-20)27-17-2-1-16(13-19(17)33-23(27)32)26-11-7-15(8-12-26)25-9-5-14(6-10-25)22(30)31/h1-2,13-15,18H,3-12H2,(H,30,31)(H,24,28,29). The number of benzene rings is 1. The fraction of sp³-hybridized carbons (Fsp3) is 0.565. The minimum absolute atomic E-state index is 0.191. The second-order valence-corrected chi connectivity index (χ2v) is 9.22. The highest BCUT2D eigenvalue weighted by molar-refractivity contribution is 6.00. The number of aromatic nitrogens is 1. The van der Waals surface area contributed by atoms with E-state index in [9.17, 15) is 24.3 Å². The van der Waals surface area contributed by atoms with Gasteiger partial charge >= 0.3 is 11.7 Å². The van der Waals surface area contributed by atoms with Crippen molar-refractivity contribution in [3.05, 3.63) is 28.7 Å². The van der Waals surface area contributed by atoms with Gasteiger partial charge in [-0.25, -0.2) is 4.79 Å². The van der Waals surface area contributed by atoms with Gasteiger partial charge in [0.1, 0.15) is 6.04 Å². The van der Waals surface area contributed by atoms with E-state index in [4.69, 9.17) is 4.42 Å². The monoisotopic (exact) mass is 456 g/mol. The molecule has 4 heterocycles. The summed E-state index contributed by atoms with van der Waals surface area (Å²) in [7, 11) is 0. The van der Waals surface area contributed by atoms with E-state index >= 15 is 0 Å². The van der Waals surface area contributed by atoms with Crippen molar-refractivity contribution in [1.82, 2.24) is 14.8 Å². The Bertz CT molecular complexity index is 1140. The van der Waals surface area contributed by atoms with Crippen molar-refractivity contribution in [2.75, 3.05) is 31.1 Å². The van der Waals surface area contributed by atoms with Gasteiger partial charge in [0, 0.05) is 37.3 Å². The zero-order valence-electron chi connectivity index (χ0n) is 18.4. The number of rotatable bonds is 4. The number of hydrogen-bond donors (Lipinski definition) is 2. The van der Waals surface area contributed by atoms with Gasteiger partial charge in [0.15, 0.2) is 5.58 Å². The van der Waals surface area contributed by atoms with Gasteiger partial charge in [0.2, 0.25) is 11.8 Å². The Morgan fingerprint density at radius 1 is 1.00 bits per heavy atom. The number of carbonyl (C=O) groups is 3. The molecule has 10 nitrogen and oxygen atoms in total. The smallest absolute Gasteiger partial charge is 0.420 e. The summed E-state index contributed by atoms with van der Waals surface area (Å²) in [5.74, 6) is -2.29. The fourth-order valence-corrected chi connectivity index (χ4v) is 5.45. The van der Waals surface area contributed by atoms with Gasteiger partial charge in [-0.15, -0.1) is 0 Å². The lowest BCUT2D eigenvalue weighted by Crippen LogP contribution is -2.48. The predicted octanol–water partition coefficient (Wildman–Crippen LogP) is 1.34. The van der Waals surface area contributed by atoms with Crippen LogP contribution in [0.2, 0.25) is 0 Å². The molecule has 1 aromatic heterocycles. The highest BCUT2D eigenvalue weighted by Gasteiger charge is 2.33. The molecule has 3 fully saturated rings. The molecule has 10 heteroatoms. The quantitative estimate of drug-likeness (QED) is 0.661. The van der Waals surface area contributed by atoms with Crippen LogP contribution >= 0.6 is 0 Å². The third-order valence-electron chi connectivity index (χ3n) is 7.34. The van der Waals surface area contributed by atoms with E-state index in [-0.39, 0.29) is 24.7 Å². The molecule has 2 aromatic rings. The Morgan fingerprint density at radius 2 is 1.73 bits per heavy atom. The lowest BCUT2D eigenvalue weighted by molar-refractivity contribution is -0.143. The van der Waals surface area contributed by atoms with Gasteiger partial charge in [-0.3, -0.25) is 24.3 Å². The first kappa shape index (κ1) is 21.7. The molecule has 33 heavy (non-hydrogen) atoms. The number of oxazole rings is 1. The zero-order valence-corrected chi connectivity index (χ0v) is 18.4. The first-order chi connectivity index (χ1) is 15.9. The number of anilines is 1. The predicted molar refractivity (Wildman–Crippen MR) is 119 cm³/mol. The lowest BCUT2D eigenvalue weighted by Gasteiger charge is -2.41. The third-order valence-corrected chi connectivity index (χ3v) is 7.34. The summed E-state index contributed by atoms with van der Waals surface area (Å²) in [5.41, 5.74) is 1.95. The molecule has 2 N–H and O–H groups in total. The highest BCUT2D eigenvalue weighted by Crippen LogP contribution is 2.30. The van der Waals surface area contributed by atoms with Crippen LogP contribution in [0.15, 0.2) is 27.4 Å². The van der Waals surface area contributed by atoms with E-state index in [1.54, 1.807) is 0 Å². The van der Waals surface area contributed by atoms with Gasteiger partial charge in [-0.1, -0.05) is 0 Å². The summed E-state index contributed by atoms with van der Waals surface area (Å²) in [6.45, 7) is 3.42. The van der Waals surface area contributed by atoms with E-state index in [0.717, 1.165) is 57.5 Å². The van der Waals surface area contributed by atoms with E-state index in [1.807, 2.05) is 18.2 Å². The number of nitrogens with zero attached hydrogens (tertiary/aromatic N) is 3. The van der Waals surface area contributed by atoms with Crippen molar-refractivity contribution in [1.29, 1.82) is 0 Å². The Labute approximate surface area is 190 Å². The van der Waals surface area contributed by atoms with Crippen LogP contribution in [-0.4, -0.2) is 64.6 Å².